The third-order valence-corrected chi connectivity index (χ3v) is 5.64. The molecule has 3 heterocycles. The van der Waals surface area contributed by atoms with Gasteiger partial charge in [-0.2, -0.15) is 0 Å². The first-order chi connectivity index (χ1) is 15.0. The Balaban J connectivity index is 0.00000289. The molecule has 3 aromatic rings. The molecule has 0 spiro atoms. The molecular weight excluding hydrogens is 544 g/mol. The number of nitrogens with one attached hydrogen (secondary N) is 2. The summed E-state index contributed by atoms with van der Waals surface area (Å²) in [4.78, 5) is 15.0. The minimum atomic E-state index is -0.290. The van der Waals surface area contributed by atoms with E-state index in [0.717, 1.165) is 36.7 Å². The topological polar surface area (TPSA) is 70.4 Å². The van der Waals surface area contributed by atoms with Gasteiger partial charge in [0.1, 0.15) is 17.5 Å². The lowest BCUT2D eigenvalue weighted by molar-refractivity contribution is 0.612. The molecule has 1 aliphatic rings. The van der Waals surface area contributed by atoms with Crippen LogP contribution in [0.2, 0.25) is 5.02 Å². The minimum Gasteiger partial charge on any atom is -0.353 e. The van der Waals surface area contributed by atoms with Crippen LogP contribution in [-0.4, -0.2) is 46.7 Å². The van der Waals surface area contributed by atoms with Crippen LogP contribution in [0.25, 0.3) is 5.69 Å². The number of anilines is 1. The third-order valence-electron chi connectivity index (χ3n) is 5.35. The van der Waals surface area contributed by atoms with Crippen LogP contribution in [0.3, 0.4) is 0 Å². The van der Waals surface area contributed by atoms with Crippen LogP contribution in [0.15, 0.2) is 53.9 Å². The second kappa shape index (κ2) is 11.0. The van der Waals surface area contributed by atoms with Gasteiger partial charge in [-0.15, -0.1) is 24.0 Å². The number of hydrogen-bond acceptors (Lipinski definition) is 4. The summed E-state index contributed by atoms with van der Waals surface area (Å²) in [5, 5.41) is 7.35. The first kappa shape index (κ1) is 24.2. The van der Waals surface area contributed by atoms with E-state index < -0.39 is 0 Å². The zero-order valence-electron chi connectivity index (χ0n) is 17.9. The molecule has 7 nitrogen and oxygen atoms in total. The lowest BCUT2D eigenvalue weighted by Gasteiger charge is -2.20. The van der Waals surface area contributed by atoms with Crippen molar-refractivity contribution in [2.45, 2.75) is 25.9 Å². The highest BCUT2D eigenvalue weighted by Gasteiger charge is 2.25. The molecule has 0 aliphatic carbocycles. The molecule has 1 unspecified atom stereocenters. The molecule has 0 saturated carbocycles. The normalized spacial score (nSPS) is 16.1. The SMILES string of the molecule is CN=C(NCc1ccc(-n2ccnc2C)c(F)c1)NC1CCN(c2ncccc2Cl)C1.I. The van der Waals surface area contributed by atoms with Gasteiger partial charge in [-0.05, 0) is 43.2 Å². The number of benzene rings is 1. The highest BCUT2D eigenvalue weighted by molar-refractivity contribution is 14.0. The van der Waals surface area contributed by atoms with E-state index in [1.165, 1.54) is 6.07 Å². The molecule has 2 N–H and O–H groups in total. The maximum absolute atomic E-state index is 14.6. The molecule has 0 radical (unpaired) electrons. The van der Waals surface area contributed by atoms with Gasteiger partial charge in [0.15, 0.2) is 5.96 Å². The van der Waals surface area contributed by atoms with Crippen LogP contribution in [-0.2, 0) is 6.54 Å². The number of hydrogen-bond donors (Lipinski definition) is 2. The molecule has 2 aromatic heterocycles. The second-order valence-electron chi connectivity index (χ2n) is 7.44. The molecule has 170 valence electrons. The van der Waals surface area contributed by atoms with Crippen molar-refractivity contribution in [2.24, 2.45) is 4.99 Å². The molecular formula is C22H26ClFIN7. The fourth-order valence-electron chi connectivity index (χ4n) is 3.74. The van der Waals surface area contributed by atoms with Gasteiger partial charge in [0.2, 0.25) is 0 Å². The maximum Gasteiger partial charge on any atom is 0.191 e. The monoisotopic (exact) mass is 569 g/mol. The summed E-state index contributed by atoms with van der Waals surface area (Å²) < 4.78 is 16.3. The molecule has 1 aromatic carbocycles. The summed E-state index contributed by atoms with van der Waals surface area (Å²) in [6.07, 6.45) is 6.11. The summed E-state index contributed by atoms with van der Waals surface area (Å²) in [5.74, 6) is 1.93. The van der Waals surface area contributed by atoms with Crippen molar-refractivity contribution in [3.63, 3.8) is 0 Å². The smallest absolute Gasteiger partial charge is 0.191 e. The van der Waals surface area contributed by atoms with E-state index in [-0.39, 0.29) is 35.8 Å². The molecule has 10 heteroatoms. The maximum atomic E-state index is 14.6. The Labute approximate surface area is 209 Å². The van der Waals surface area contributed by atoms with Crippen molar-refractivity contribution < 1.29 is 4.39 Å². The average Bonchev–Trinajstić information content (AvgIpc) is 3.40. The van der Waals surface area contributed by atoms with Crippen LogP contribution in [0, 0.1) is 12.7 Å². The van der Waals surface area contributed by atoms with E-state index >= 15 is 0 Å². The van der Waals surface area contributed by atoms with Gasteiger partial charge in [0.25, 0.3) is 0 Å². The lowest BCUT2D eigenvalue weighted by Crippen LogP contribution is -2.44. The van der Waals surface area contributed by atoms with Crippen LogP contribution < -0.4 is 15.5 Å². The molecule has 4 rings (SSSR count). The molecule has 0 amide bonds. The van der Waals surface area contributed by atoms with Gasteiger partial charge < -0.3 is 20.1 Å². The van der Waals surface area contributed by atoms with E-state index in [4.69, 9.17) is 11.6 Å². The predicted molar refractivity (Wildman–Crippen MR) is 137 cm³/mol. The zero-order chi connectivity index (χ0) is 21.8. The number of halogens is 3. The fraction of sp³-hybridized carbons (Fsp3) is 0.318. The number of nitrogens with zero attached hydrogens (tertiary/aromatic N) is 5. The van der Waals surface area contributed by atoms with E-state index in [1.54, 1.807) is 36.3 Å². The lowest BCUT2D eigenvalue weighted by atomic mass is 10.2. The first-order valence-electron chi connectivity index (χ1n) is 10.2. The van der Waals surface area contributed by atoms with Crippen LogP contribution >= 0.6 is 35.6 Å². The average molecular weight is 570 g/mol. The van der Waals surface area contributed by atoms with Crippen molar-refractivity contribution in [3.05, 3.63) is 71.2 Å². The van der Waals surface area contributed by atoms with Gasteiger partial charge >= 0.3 is 0 Å². The van der Waals surface area contributed by atoms with E-state index in [9.17, 15) is 4.39 Å². The van der Waals surface area contributed by atoms with Gasteiger partial charge in [-0.3, -0.25) is 4.99 Å². The van der Waals surface area contributed by atoms with Gasteiger partial charge in [-0.1, -0.05) is 17.7 Å². The van der Waals surface area contributed by atoms with Crippen LogP contribution in [0.4, 0.5) is 10.2 Å². The number of aryl methyl sites for hydroxylation is 1. The number of guanidine groups is 1. The number of pyridine rings is 1. The Morgan fingerprint density at radius 3 is 2.81 bits per heavy atom. The quantitative estimate of drug-likeness (QED) is 0.277. The van der Waals surface area contributed by atoms with Crippen molar-refractivity contribution in [3.8, 4) is 5.69 Å². The molecule has 1 aliphatic heterocycles. The summed E-state index contributed by atoms with van der Waals surface area (Å²) in [7, 11) is 1.73. The molecule has 1 atom stereocenters. The summed E-state index contributed by atoms with van der Waals surface area (Å²) in [6.45, 7) is 3.95. The Bertz CT molecular complexity index is 1090. The summed E-state index contributed by atoms with van der Waals surface area (Å²) in [5.41, 5.74) is 1.32. The fourth-order valence-corrected chi connectivity index (χ4v) is 3.98. The van der Waals surface area contributed by atoms with E-state index in [0.29, 0.717) is 23.2 Å². The highest BCUT2D eigenvalue weighted by atomic mass is 127. The largest absolute Gasteiger partial charge is 0.353 e. The van der Waals surface area contributed by atoms with Crippen molar-refractivity contribution >= 4 is 47.4 Å². The Morgan fingerprint density at radius 2 is 2.12 bits per heavy atom. The minimum absolute atomic E-state index is 0. The number of aromatic nitrogens is 3. The standard InChI is InChI=1S/C22H25ClFN7.HI/c1-15-26-9-11-31(15)20-6-5-16(12-19(20)24)13-28-22(25-2)29-17-7-10-30(14-17)21-18(23)4-3-8-27-21;/h3-6,8-9,11-12,17H,7,10,13-14H2,1-2H3,(H2,25,28,29);1H. The van der Waals surface area contributed by atoms with Crippen LogP contribution in [0.5, 0.6) is 0 Å². The second-order valence-corrected chi connectivity index (χ2v) is 7.85. The summed E-state index contributed by atoms with van der Waals surface area (Å²) >= 11 is 6.27. The zero-order valence-corrected chi connectivity index (χ0v) is 21.0. The Morgan fingerprint density at radius 1 is 1.28 bits per heavy atom. The Hall–Kier alpha value is -2.40. The number of aliphatic imine (C=N–C) groups is 1. The van der Waals surface area contributed by atoms with Gasteiger partial charge in [0.05, 0.1) is 10.7 Å². The highest BCUT2D eigenvalue weighted by Crippen LogP contribution is 2.25. The first-order valence-corrected chi connectivity index (χ1v) is 10.5. The summed E-state index contributed by atoms with van der Waals surface area (Å²) in [6, 6.07) is 9.10. The Kier molecular flexibility index (Phi) is 8.30. The van der Waals surface area contributed by atoms with Gasteiger partial charge in [-0.25, -0.2) is 14.4 Å². The molecule has 1 fully saturated rings. The van der Waals surface area contributed by atoms with Crippen molar-refractivity contribution in [1.82, 2.24) is 25.2 Å². The number of rotatable bonds is 5. The van der Waals surface area contributed by atoms with E-state index in [1.807, 2.05) is 25.1 Å². The van der Waals surface area contributed by atoms with E-state index in [2.05, 4.69) is 30.5 Å². The van der Waals surface area contributed by atoms with Crippen molar-refractivity contribution in [2.75, 3.05) is 25.0 Å². The predicted octanol–water partition coefficient (Wildman–Crippen LogP) is 3.93. The van der Waals surface area contributed by atoms with Crippen molar-refractivity contribution in [1.29, 1.82) is 0 Å². The molecule has 1 saturated heterocycles. The molecule has 32 heavy (non-hydrogen) atoms. The molecule has 0 bridgehead atoms. The van der Waals surface area contributed by atoms with Crippen LogP contribution in [0.1, 0.15) is 17.8 Å². The number of imidazole rings is 1. The van der Waals surface area contributed by atoms with Gasteiger partial charge in [0, 0.05) is 51.3 Å². The third kappa shape index (κ3) is 5.50.